The van der Waals surface area contributed by atoms with Crippen molar-refractivity contribution in [1.29, 1.82) is 0 Å². The summed E-state index contributed by atoms with van der Waals surface area (Å²) in [6.07, 6.45) is 0. The summed E-state index contributed by atoms with van der Waals surface area (Å²) >= 11 is 1.80. The van der Waals surface area contributed by atoms with Gasteiger partial charge in [0.2, 0.25) is 0 Å². The average Bonchev–Trinajstić information content (AvgIpc) is 2.92. The molecule has 0 saturated carbocycles. The van der Waals surface area contributed by atoms with E-state index < -0.39 is 0 Å². The van der Waals surface area contributed by atoms with Crippen molar-refractivity contribution in [3.63, 3.8) is 0 Å². The molecule has 0 spiro atoms. The van der Waals surface area contributed by atoms with Crippen LogP contribution in [-0.4, -0.2) is 23.4 Å². The predicted octanol–water partition coefficient (Wildman–Crippen LogP) is 2.98. The first-order valence-corrected chi connectivity index (χ1v) is 7.11. The van der Waals surface area contributed by atoms with Gasteiger partial charge >= 0.3 is 0 Å². The van der Waals surface area contributed by atoms with Crippen LogP contribution < -0.4 is 5.73 Å². The van der Waals surface area contributed by atoms with Crippen LogP contribution in [0.5, 0.6) is 0 Å². The fourth-order valence-electron chi connectivity index (χ4n) is 2.64. The first-order chi connectivity index (χ1) is 8.68. The molecule has 1 aliphatic rings. The van der Waals surface area contributed by atoms with Crippen LogP contribution in [0.2, 0.25) is 0 Å². The van der Waals surface area contributed by atoms with Crippen molar-refractivity contribution in [1.82, 2.24) is 4.90 Å². The number of thiophene rings is 1. The van der Waals surface area contributed by atoms with Crippen molar-refractivity contribution in [2.24, 2.45) is 10.7 Å². The highest BCUT2D eigenvalue weighted by atomic mass is 32.1. The summed E-state index contributed by atoms with van der Waals surface area (Å²) < 4.78 is 1.33. The number of hydrogen-bond acceptors (Lipinski definition) is 4. The third-order valence-corrected chi connectivity index (χ3v) is 4.43. The molecule has 3 rings (SSSR count). The monoisotopic (exact) mass is 259 g/mol. The Morgan fingerprint density at radius 2 is 2.17 bits per heavy atom. The number of nitrogens with two attached hydrogens (primary N) is 1. The zero-order valence-electron chi connectivity index (χ0n) is 10.6. The molecule has 0 aliphatic carbocycles. The van der Waals surface area contributed by atoms with E-state index in [1.807, 2.05) is 0 Å². The Morgan fingerprint density at radius 1 is 1.39 bits per heavy atom. The van der Waals surface area contributed by atoms with Gasteiger partial charge in [-0.3, -0.25) is 4.99 Å². The predicted molar refractivity (Wildman–Crippen MR) is 78.0 cm³/mol. The second-order valence-corrected chi connectivity index (χ2v) is 5.81. The van der Waals surface area contributed by atoms with Crippen LogP contribution in [0.1, 0.15) is 25.5 Å². The van der Waals surface area contributed by atoms with E-state index in [9.17, 15) is 0 Å². The number of nitrogens with zero attached hydrogens (tertiary/aromatic N) is 2. The topological polar surface area (TPSA) is 41.6 Å². The van der Waals surface area contributed by atoms with Crippen LogP contribution in [0.15, 0.2) is 34.6 Å². The Hall–Kier alpha value is -1.55. The highest BCUT2D eigenvalue weighted by molar-refractivity contribution is 7.17. The van der Waals surface area contributed by atoms with Gasteiger partial charge in [-0.2, -0.15) is 0 Å². The van der Waals surface area contributed by atoms with E-state index in [0.29, 0.717) is 18.0 Å². The lowest BCUT2D eigenvalue weighted by Gasteiger charge is -2.30. The maximum Gasteiger partial charge on any atom is 0.192 e. The van der Waals surface area contributed by atoms with Gasteiger partial charge in [0.25, 0.3) is 0 Å². The SMILES string of the molecule is CC(C)N1C(N)=NCC1c1csc2ccccc12. The van der Waals surface area contributed by atoms with Crippen LogP contribution >= 0.6 is 11.3 Å². The Labute approximate surface area is 111 Å². The zero-order valence-corrected chi connectivity index (χ0v) is 11.4. The van der Waals surface area contributed by atoms with Gasteiger partial charge in [0.15, 0.2) is 5.96 Å². The van der Waals surface area contributed by atoms with Gasteiger partial charge in [0, 0.05) is 10.7 Å². The van der Waals surface area contributed by atoms with Crippen LogP contribution in [0.4, 0.5) is 0 Å². The van der Waals surface area contributed by atoms with Gasteiger partial charge < -0.3 is 10.6 Å². The van der Waals surface area contributed by atoms with Crippen molar-refractivity contribution in [2.75, 3.05) is 6.54 Å². The number of rotatable bonds is 2. The van der Waals surface area contributed by atoms with Gasteiger partial charge in [-0.05, 0) is 36.2 Å². The fourth-order valence-corrected chi connectivity index (χ4v) is 3.65. The van der Waals surface area contributed by atoms with E-state index in [1.54, 1.807) is 11.3 Å². The molecule has 0 radical (unpaired) electrons. The molecule has 0 fully saturated rings. The quantitative estimate of drug-likeness (QED) is 0.901. The first kappa shape index (κ1) is 11.5. The molecule has 4 heteroatoms. The van der Waals surface area contributed by atoms with E-state index in [0.717, 1.165) is 6.54 Å². The fraction of sp³-hybridized carbons (Fsp3) is 0.357. The molecule has 94 valence electrons. The standard InChI is InChI=1S/C14H17N3S/c1-9(2)17-12(7-16-14(17)15)11-8-18-13-6-4-3-5-10(11)13/h3-6,8-9,12H,7H2,1-2H3,(H2,15,16). The second-order valence-electron chi connectivity index (χ2n) is 4.90. The second kappa shape index (κ2) is 4.28. The number of guanidine groups is 1. The Bertz CT molecular complexity index is 600. The van der Waals surface area contributed by atoms with Gasteiger partial charge in [-0.1, -0.05) is 18.2 Å². The molecule has 1 aliphatic heterocycles. The largest absolute Gasteiger partial charge is 0.370 e. The lowest BCUT2D eigenvalue weighted by molar-refractivity contribution is 0.292. The maximum absolute atomic E-state index is 6.00. The Morgan fingerprint density at radius 3 is 2.94 bits per heavy atom. The van der Waals surface area contributed by atoms with E-state index in [1.165, 1.54) is 15.6 Å². The minimum Gasteiger partial charge on any atom is -0.370 e. The summed E-state index contributed by atoms with van der Waals surface area (Å²) in [6.45, 7) is 5.09. The van der Waals surface area contributed by atoms with E-state index in [2.05, 4.69) is 53.4 Å². The van der Waals surface area contributed by atoms with Crippen molar-refractivity contribution in [2.45, 2.75) is 25.9 Å². The molecule has 3 nitrogen and oxygen atoms in total. The van der Waals surface area contributed by atoms with Gasteiger partial charge in [0.05, 0.1) is 12.6 Å². The first-order valence-electron chi connectivity index (χ1n) is 6.23. The minimum absolute atomic E-state index is 0.293. The Balaban J connectivity index is 2.05. The van der Waals surface area contributed by atoms with Crippen LogP contribution in [0.3, 0.4) is 0 Å². The molecule has 0 amide bonds. The molecule has 2 heterocycles. The molecular formula is C14H17N3S. The number of benzene rings is 1. The summed E-state index contributed by atoms with van der Waals surface area (Å²) in [5.41, 5.74) is 7.35. The molecule has 1 unspecified atom stereocenters. The highest BCUT2D eigenvalue weighted by Gasteiger charge is 2.30. The average molecular weight is 259 g/mol. The number of fused-ring (bicyclic) bond motifs is 1. The summed E-state index contributed by atoms with van der Waals surface area (Å²) in [5, 5.41) is 3.58. The summed E-state index contributed by atoms with van der Waals surface area (Å²) in [6, 6.07) is 9.21. The molecule has 0 saturated heterocycles. The Kier molecular flexibility index (Phi) is 2.74. The maximum atomic E-state index is 6.00. The molecule has 0 bridgehead atoms. The molecule has 2 N–H and O–H groups in total. The number of hydrogen-bond donors (Lipinski definition) is 1. The van der Waals surface area contributed by atoms with Crippen molar-refractivity contribution in [3.05, 3.63) is 35.2 Å². The van der Waals surface area contributed by atoms with Crippen LogP contribution in [0.25, 0.3) is 10.1 Å². The summed E-state index contributed by atoms with van der Waals surface area (Å²) in [5.74, 6) is 0.672. The highest BCUT2D eigenvalue weighted by Crippen LogP contribution is 2.35. The van der Waals surface area contributed by atoms with Gasteiger partial charge in [-0.15, -0.1) is 11.3 Å². The van der Waals surface area contributed by atoms with E-state index in [-0.39, 0.29) is 0 Å². The van der Waals surface area contributed by atoms with Crippen molar-refractivity contribution < 1.29 is 0 Å². The van der Waals surface area contributed by atoms with Crippen molar-refractivity contribution >= 4 is 27.4 Å². The number of aliphatic imine (C=N–C) groups is 1. The molecule has 18 heavy (non-hydrogen) atoms. The lowest BCUT2D eigenvalue weighted by Crippen LogP contribution is -2.40. The summed E-state index contributed by atoms with van der Waals surface area (Å²) in [7, 11) is 0. The third kappa shape index (κ3) is 1.68. The molecule has 1 aromatic heterocycles. The molecular weight excluding hydrogens is 242 g/mol. The normalized spacial score (nSPS) is 19.8. The van der Waals surface area contributed by atoms with Crippen LogP contribution in [0, 0.1) is 0 Å². The van der Waals surface area contributed by atoms with E-state index in [4.69, 9.17) is 5.73 Å². The van der Waals surface area contributed by atoms with Crippen LogP contribution in [-0.2, 0) is 0 Å². The van der Waals surface area contributed by atoms with Gasteiger partial charge in [-0.25, -0.2) is 0 Å². The lowest BCUT2D eigenvalue weighted by atomic mass is 10.0. The molecule has 1 atom stereocenters. The van der Waals surface area contributed by atoms with Crippen molar-refractivity contribution in [3.8, 4) is 0 Å². The smallest absolute Gasteiger partial charge is 0.192 e. The minimum atomic E-state index is 0.293. The third-order valence-electron chi connectivity index (χ3n) is 3.45. The zero-order chi connectivity index (χ0) is 12.7. The molecule has 2 aromatic rings. The van der Waals surface area contributed by atoms with Gasteiger partial charge in [0.1, 0.15) is 0 Å². The van der Waals surface area contributed by atoms with E-state index >= 15 is 0 Å². The summed E-state index contributed by atoms with van der Waals surface area (Å²) in [4.78, 5) is 6.62. The molecule has 1 aromatic carbocycles.